The van der Waals surface area contributed by atoms with Gasteiger partial charge in [0, 0.05) is 6.04 Å². The summed E-state index contributed by atoms with van der Waals surface area (Å²) < 4.78 is 8.28. The molecule has 0 aliphatic rings. The van der Waals surface area contributed by atoms with Crippen LogP contribution >= 0.6 is 67.8 Å². The Kier molecular flexibility index (Phi) is 11.8. The second-order valence-corrected chi connectivity index (χ2v) is 8.22. The van der Waals surface area contributed by atoms with Gasteiger partial charge in [0.2, 0.25) is 0 Å². The first-order chi connectivity index (χ1) is 10.8. The zero-order chi connectivity index (χ0) is 17.1. The van der Waals surface area contributed by atoms with Crippen molar-refractivity contribution in [1.82, 2.24) is 0 Å². The molecular formula is C16H15I3NNaO4. The van der Waals surface area contributed by atoms with Gasteiger partial charge in [-0.25, -0.2) is 0 Å². The predicted molar refractivity (Wildman–Crippen MR) is 116 cm³/mol. The topological polar surface area (TPSA) is 95.6 Å². The molecule has 0 saturated carbocycles. The van der Waals surface area contributed by atoms with Gasteiger partial charge < -0.3 is 25.5 Å². The number of phenols is 1. The number of carboxylic acid groups (broad SMARTS) is 1. The van der Waals surface area contributed by atoms with Gasteiger partial charge in [-0.15, -0.1) is 0 Å². The number of hydrogen-bond donors (Lipinski definition) is 2. The molecule has 0 radical (unpaired) electrons. The maximum absolute atomic E-state index is 10.8. The Labute approximate surface area is 209 Å². The van der Waals surface area contributed by atoms with Gasteiger partial charge >= 0.3 is 29.6 Å². The van der Waals surface area contributed by atoms with Gasteiger partial charge in [-0.1, -0.05) is 7.43 Å². The Morgan fingerprint density at radius 2 is 1.72 bits per heavy atom. The predicted octanol–water partition coefficient (Wildman–Crippen LogP) is 0.258. The summed E-state index contributed by atoms with van der Waals surface area (Å²) in [7, 11) is 0. The number of carbonyl (C=O) groups is 1. The van der Waals surface area contributed by atoms with Crippen LogP contribution in [0, 0.1) is 10.7 Å². The molecule has 130 valence electrons. The smallest absolute Gasteiger partial charge is 0.548 e. The number of aliphatic carboxylic acids is 1. The molecule has 1 atom stereocenters. The van der Waals surface area contributed by atoms with Crippen molar-refractivity contribution in [2.24, 2.45) is 5.73 Å². The van der Waals surface area contributed by atoms with E-state index in [1.165, 1.54) is 0 Å². The van der Waals surface area contributed by atoms with Gasteiger partial charge in [0.1, 0.15) is 11.5 Å². The van der Waals surface area contributed by atoms with Gasteiger partial charge in [0.05, 0.1) is 16.7 Å². The molecule has 0 aliphatic heterocycles. The van der Waals surface area contributed by atoms with Crippen LogP contribution in [-0.2, 0) is 11.2 Å². The normalized spacial score (nSPS) is 11.0. The minimum absolute atomic E-state index is 0. The van der Waals surface area contributed by atoms with E-state index in [2.05, 4.69) is 45.2 Å². The van der Waals surface area contributed by atoms with Gasteiger partial charge in [-0.3, -0.25) is 0 Å². The SMILES string of the molecule is C.N[C@@H](Cc1cc(I)c(Oc2ccc(O)c(I)c2)c(I)c1)C(=O)[O-].[Na+]. The van der Waals surface area contributed by atoms with E-state index in [0.29, 0.717) is 15.1 Å². The Morgan fingerprint density at radius 3 is 2.20 bits per heavy atom. The summed E-state index contributed by atoms with van der Waals surface area (Å²) in [5.41, 5.74) is 6.33. The van der Waals surface area contributed by atoms with E-state index in [0.717, 1.165) is 12.7 Å². The van der Waals surface area contributed by atoms with Crippen molar-refractivity contribution in [3.05, 3.63) is 46.6 Å². The monoisotopic (exact) mass is 689 g/mol. The van der Waals surface area contributed by atoms with E-state index >= 15 is 0 Å². The molecular weight excluding hydrogens is 674 g/mol. The average molecular weight is 689 g/mol. The number of ether oxygens (including phenoxy) is 1. The van der Waals surface area contributed by atoms with Crippen molar-refractivity contribution in [2.75, 3.05) is 0 Å². The summed E-state index contributed by atoms with van der Waals surface area (Å²) in [4.78, 5) is 10.8. The number of halogens is 3. The van der Waals surface area contributed by atoms with E-state index in [9.17, 15) is 15.0 Å². The van der Waals surface area contributed by atoms with Gasteiger partial charge in [-0.2, -0.15) is 0 Å². The van der Waals surface area contributed by atoms with Crippen molar-refractivity contribution in [2.45, 2.75) is 19.9 Å². The fourth-order valence-electron chi connectivity index (χ4n) is 1.83. The number of nitrogens with two attached hydrogens (primary N) is 1. The molecule has 2 rings (SSSR count). The van der Waals surface area contributed by atoms with Crippen molar-refractivity contribution in [3.8, 4) is 17.2 Å². The number of hydrogen-bond acceptors (Lipinski definition) is 5. The summed E-state index contributed by atoms with van der Waals surface area (Å²) in [6.45, 7) is 0. The van der Waals surface area contributed by atoms with E-state index in [4.69, 9.17) is 10.5 Å². The van der Waals surface area contributed by atoms with Crippen LogP contribution in [0.2, 0.25) is 0 Å². The molecule has 0 spiro atoms. The summed E-state index contributed by atoms with van der Waals surface area (Å²) in [5.74, 6) is 0.226. The first kappa shape index (κ1) is 25.7. The molecule has 0 saturated heterocycles. The molecule has 9 heteroatoms. The summed E-state index contributed by atoms with van der Waals surface area (Å²) in [6.07, 6.45) is 0.200. The van der Waals surface area contributed by atoms with Crippen LogP contribution in [0.3, 0.4) is 0 Å². The largest absolute Gasteiger partial charge is 1.00 e. The van der Waals surface area contributed by atoms with Crippen LogP contribution < -0.4 is 45.1 Å². The molecule has 5 nitrogen and oxygen atoms in total. The number of rotatable bonds is 5. The third-order valence-corrected chi connectivity index (χ3v) is 5.42. The van der Waals surface area contributed by atoms with Crippen molar-refractivity contribution in [3.63, 3.8) is 0 Å². The molecule has 25 heavy (non-hydrogen) atoms. The fraction of sp³-hybridized carbons (Fsp3) is 0.188. The molecule has 0 amide bonds. The minimum Gasteiger partial charge on any atom is -0.548 e. The maximum atomic E-state index is 10.8. The summed E-state index contributed by atoms with van der Waals surface area (Å²) in [6, 6.07) is 7.64. The molecule has 0 aromatic heterocycles. The summed E-state index contributed by atoms with van der Waals surface area (Å²) in [5, 5.41) is 20.3. The molecule has 0 aliphatic carbocycles. The van der Waals surface area contributed by atoms with Gasteiger partial charge in [0.15, 0.2) is 5.75 Å². The standard InChI is InChI=1S/C15H12I3NO4.CH4.Na/c16-9-6-8(1-2-13(9)20)23-14-10(17)3-7(4-11(14)18)5-12(19)15(21)22;;/h1-4,6,12,20H,5,19H2,(H,21,22);1H4;/q;;+1/p-1/t12-;;/m0../s1. The number of carboxylic acids is 1. The maximum Gasteiger partial charge on any atom is 1.00 e. The molecule has 0 bridgehead atoms. The first-order valence-corrected chi connectivity index (χ1v) is 9.62. The number of aromatic hydroxyl groups is 1. The van der Waals surface area contributed by atoms with Crippen molar-refractivity contribution in [1.29, 1.82) is 0 Å². The number of benzene rings is 2. The Balaban J connectivity index is 0.00000288. The second kappa shape index (κ2) is 11.5. The van der Waals surface area contributed by atoms with Crippen LogP contribution in [0.1, 0.15) is 13.0 Å². The zero-order valence-corrected chi connectivity index (χ0v) is 21.0. The van der Waals surface area contributed by atoms with Crippen LogP contribution in [0.5, 0.6) is 17.2 Å². The van der Waals surface area contributed by atoms with E-state index in [-0.39, 0.29) is 49.2 Å². The molecule has 0 unspecified atom stereocenters. The second-order valence-electron chi connectivity index (χ2n) is 4.73. The van der Waals surface area contributed by atoms with Gasteiger partial charge in [-0.05, 0) is 110 Å². The Hall–Kier alpha value is 0.660. The van der Waals surface area contributed by atoms with Crippen LogP contribution in [0.4, 0.5) is 0 Å². The number of carbonyl (C=O) groups excluding carboxylic acids is 1. The molecule has 0 fully saturated rings. The molecule has 3 N–H and O–H groups in total. The van der Waals surface area contributed by atoms with Crippen molar-refractivity contribution >= 4 is 73.7 Å². The van der Waals surface area contributed by atoms with Crippen LogP contribution in [0.25, 0.3) is 0 Å². The number of phenolic OH excluding ortho intramolecular Hbond substituents is 1. The van der Waals surface area contributed by atoms with Crippen LogP contribution in [0.15, 0.2) is 30.3 Å². The van der Waals surface area contributed by atoms with E-state index in [1.54, 1.807) is 18.2 Å². The molecule has 2 aromatic rings. The van der Waals surface area contributed by atoms with Crippen molar-refractivity contribution < 1.29 is 49.3 Å². The van der Waals surface area contributed by atoms with E-state index < -0.39 is 12.0 Å². The third kappa shape index (κ3) is 7.30. The molecule has 2 aromatic carbocycles. The fourth-order valence-corrected chi connectivity index (χ4v) is 4.44. The van der Waals surface area contributed by atoms with Gasteiger partial charge in [0.25, 0.3) is 0 Å². The van der Waals surface area contributed by atoms with E-state index in [1.807, 2.05) is 34.7 Å². The quantitative estimate of drug-likeness (QED) is 0.348. The zero-order valence-electron chi connectivity index (χ0n) is 12.6. The Bertz CT molecular complexity index is 735. The Morgan fingerprint density at radius 1 is 1.16 bits per heavy atom. The average Bonchev–Trinajstić information content (AvgIpc) is 2.46. The molecule has 0 heterocycles. The minimum atomic E-state index is -1.27. The first-order valence-electron chi connectivity index (χ1n) is 6.38. The van der Waals surface area contributed by atoms with Crippen LogP contribution in [-0.4, -0.2) is 17.1 Å². The summed E-state index contributed by atoms with van der Waals surface area (Å²) >= 11 is 6.29. The third-order valence-electron chi connectivity index (χ3n) is 2.96.